The fourth-order valence-electron chi connectivity index (χ4n) is 2.22. The van der Waals surface area contributed by atoms with Gasteiger partial charge in [0, 0.05) is 18.4 Å². The van der Waals surface area contributed by atoms with E-state index in [1.807, 2.05) is 23.0 Å². The van der Waals surface area contributed by atoms with Crippen LogP contribution in [0.15, 0.2) is 24.4 Å². The fourth-order valence-corrected chi connectivity index (χ4v) is 2.22. The standard InChI is InChI=1S/C16H23N3O/c1-12(2)7-9-17-16(20)8-10-19-15-6-4-5-13(3)14(15)11-18-19/h4-6,11-12H,7-10H2,1-3H3,(H,17,20). The predicted molar refractivity (Wildman–Crippen MR) is 81.6 cm³/mol. The van der Waals surface area contributed by atoms with Gasteiger partial charge in [-0.25, -0.2) is 0 Å². The number of nitrogens with zero attached hydrogens (tertiary/aromatic N) is 2. The van der Waals surface area contributed by atoms with Crippen molar-refractivity contribution in [3.05, 3.63) is 30.0 Å². The van der Waals surface area contributed by atoms with Crippen LogP contribution in [-0.2, 0) is 11.3 Å². The molecule has 0 bridgehead atoms. The number of rotatable bonds is 6. The third-order valence-corrected chi connectivity index (χ3v) is 3.50. The highest BCUT2D eigenvalue weighted by Gasteiger charge is 2.07. The van der Waals surface area contributed by atoms with E-state index in [4.69, 9.17) is 0 Å². The average Bonchev–Trinajstić information content (AvgIpc) is 2.80. The summed E-state index contributed by atoms with van der Waals surface area (Å²) < 4.78 is 1.91. The summed E-state index contributed by atoms with van der Waals surface area (Å²) in [5.41, 5.74) is 2.31. The molecule has 0 unspecified atom stereocenters. The Kier molecular flexibility index (Phi) is 4.77. The SMILES string of the molecule is Cc1cccc2c1cnn2CCC(=O)NCCC(C)C. The minimum atomic E-state index is 0.0990. The van der Waals surface area contributed by atoms with Crippen molar-refractivity contribution in [1.29, 1.82) is 0 Å². The lowest BCUT2D eigenvalue weighted by atomic mass is 10.1. The quantitative estimate of drug-likeness (QED) is 0.879. The van der Waals surface area contributed by atoms with Crippen LogP contribution in [0.2, 0.25) is 0 Å². The molecule has 4 heteroatoms. The second kappa shape index (κ2) is 6.55. The maximum absolute atomic E-state index is 11.8. The molecule has 4 nitrogen and oxygen atoms in total. The summed E-state index contributed by atoms with van der Waals surface area (Å²) in [6.45, 7) is 7.78. The molecule has 2 aromatic rings. The van der Waals surface area contributed by atoms with Crippen LogP contribution in [0.3, 0.4) is 0 Å². The van der Waals surface area contributed by atoms with Gasteiger partial charge in [0.05, 0.1) is 18.3 Å². The molecular weight excluding hydrogens is 250 g/mol. The number of nitrogens with one attached hydrogen (secondary N) is 1. The van der Waals surface area contributed by atoms with E-state index in [1.54, 1.807) is 0 Å². The van der Waals surface area contributed by atoms with Crippen LogP contribution in [0.1, 0.15) is 32.3 Å². The first-order valence-corrected chi connectivity index (χ1v) is 7.25. The normalized spacial score (nSPS) is 11.2. The number of aryl methyl sites for hydroxylation is 2. The van der Waals surface area contributed by atoms with Gasteiger partial charge in [-0.1, -0.05) is 26.0 Å². The average molecular weight is 273 g/mol. The lowest BCUT2D eigenvalue weighted by Crippen LogP contribution is -2.26. The zero-order chi connectivity index (χ0) is 14.5. The van der Waals surface area contributed by atoms with Crippen molar-refractivity contribution >= 4 is 16.8 Å². The molecule has 1 amide bonds. The molecule has 108 valence electrons. The molecule has 0 saturated heterocycles. The summed E-state index contributed by atoms with van der Waals surface area (Å²) in [6.07, 6.45) is 3.37. The zero-order valence-electron chi connectivity index (χ0n) is 12.5. The Morgan fingerprint density at radius 3 is 2.95 bits per heavy atom. The molecule has 0 radical (unpaired) electrons. The van der Waals surface area contributed by atoms with E-state index >= 15 is 0 Å². The third kappa shape index (κ3) is 3.59. The van der Waals surface area contributed by atoms with E-state index in [-0.39, 0.29) is 5.91 Å². The summed E-state index contributed by atoms with van der Waals surface area (Å²) in [6, 6.07) is 6.15. The number of hydrogen-bond donors (Lipinski definition) is 1. The topological polar surface area (TPSA) is 46.9 Å². The van der Waals surface area contributed by atoms with Crippen molar-refractivity contribution < 1.29 is 4.79 Å². The molecule has 1 aromatic heterocycles. The van der Waals surface area contributed by atoms with Gasteiger partial charge in [0.25, 0.3) is 0 Å². The number of fused-ring (bicyclic) bond motifs is 1. The molecule has 2 rings (SSSR count). The Hall–Kier alpha value is -1.84. The molecule has 0 spiro atoms. The van der Waals surface area contributed by atoms with E-state index in [9.17, 15) is 4.79 Å². The minimum Gasteiger partial charge on any atom is -0.356 e. The summed E-state index contributed by atoms with van der Waals surface area (Å²) in [4.78, 5) is 11.8. The van der Waals surface area contributed by atoms with Crippen molar-refractivity contribution in [2.45, 2.75) is 40.2 Å². The van der Waals surface area contributed by atoms with E-state index in [2.05, 4.69) is 37.3 Å². The van der Waals surface area contributed by atoms with Crippen LogP contribution in [0, 0.1) is 12.8 Å². The molecule has 1 heterocycles. The van der Waals surface area contributed by atoms with Gasteiger partial charge in [0.2, 0.25) is 5.91 Å². The highest BCUT2D eigenvalue weighted by molar-refractivity contribution is 5.82. The van der Waals surface area contributed by atoms with Crippen molar-refractivity contribution in [2.75, 3.05) is 6.54 Å². The molecule has 0 aliphatic heterocycles. The molecule has 1 aromatic carbocycles. The number of amides is 1. The summed E-state index contributed by atoms with van der Waals surface area (Å²) >= 11 is 0. The van der Waals surface area contributed by atoms with Gasteiger partial charge in [-0.05, 0) is 30.9 Å². The molecular formula is C16H23N3O. The van der Waals surface area contributed by atoms with Gasteiger partial charge in [-0.2, -0.15) is 5.10 Å². The van der Waals surface area contributed by atoms with Crippen LogP contribution in [0.5, 0.6) is 0 Å². The molecule has 0 aliphatic rings. The number of carbonyl (C=O) groups is 1. The Labute approximate surface area is 120 Å². The number of hydrogen-bond acceptors (Lipinski definition) is 2. The van der Waals surface area contributed by atoms with Crippen molar-refractivity contribution in [1.82, 2.24) is 15.1 Å². The summed E-state index contributed by atoms with van der Waals surface area (Å²) in [7, 11) is 0. The molecule has 1 N–H and O–H groups in total. The zero-order valence-corrected chi connectivity index (χ0v) is 12.5. The Balaban J connectivity index is 1.90. The van der Waals surface area contributed by atoms with E-state index < -0.39 is 0 Å². The lowest BCUT2D eigenvalue weighted by Gasteiger charge is -2.08. The fraction of sp³-hybridized carbons (Fsp3) is 0.500. The van der Waals surface area contributed by atoms with Gasteiger partial charge in [-0.15, -0.1) is 0 Å². The largest absolute Gasteiger partial charge is 0.356 e. The highest BCUT2D eigenvalue weighted by Crippen LogP contribution is 2.17. The second-order valence-corrected chi connectivity index (χ2v) is 5.66. The van der Waals surface area contributed by atoms with Gasteiger partial charge in [0.1, 0.15) is 0 Å². The van der Waals surface area contributed by atoms with Crippen LogP contribution >= 0.6 is 0 Å². The van der Waals surface area contributed by atoms with Crippen molar-refractivity contribution in [3.63, 3.8) is 0 Å². The van der Waals surface area contributed by atoms with Crippen LogP contribution < -0.4 is 5.32 Å². The van der Waals surface area contributed by atoms with Crippen molar-refractivity contribution in [2.24, 2.45) is 5.92 Å². The first-order chi connectivity index (χ1) is 9.58. The summed E-state index contributed by atoms with van der Waals surface area (Å²) in [5, 5.41) is 8.49. The van der Waals surface area contributed by atoms with Crippen LogP contribution in [0.25, 0.3) is 10.9 Å². The number of benzene rings is 1. The van der Waals surface area contributed by atoms with E-state index in [0.29, 0.717) is 18.9 Å². The van der Waals surface area contributed by atoms with Crippen molar-refractivity contribution in [3.8, 4) is 0 Å². The van der Waals surface area contributed by atoms with Gasteiger partial charge in [0.15, 0.2) is 0 Å². The van der Waals surface area contributed by atoms with Gasteiger partial charge < -0.3 is 5.32 Å². The second-order valence-electron chi connectivity index (χ2n) is 5.66. The maximum atomic E-state index is 11.8. The Morgan fingerprint density at radius 2 is 2.20 bits per heavy atom. The van der Waals surface area contributed by atoms with Gasteiger partial charge in [-0.3, -0.25) is 9.48 Å². The van der Waals surface area contributed by atoms with Crippen LogP contribution in [0.4, 0.5) is 0 Å². The summed E-state index contributed by atoms with van der Waals surface area (Å²) in [5.74, 6) is 0.718. The molecule has 0 fully saturated rings. The van der Waals surface area contributed by atoms with E-state index in [1.165, 1.54) is 5.56 Å². The maximum Gasteiger partial charge on any atom is 0.221 e. The third-order valence-electron chi connectivity index (χ3n) is 3.50. The molecule has 20 heavy (non-hydrogen) atoms. The first kappa shape index (κ1) is 14.6. The van der Waals surface area contributed by atoms with E-state index in [0.717, 1.165) is 23.9 Å². The number of aromatic nitrogens is 2. The monoisotopic (exact) mass is 273 g/mol. The number of carbonyl (C=O) groups excluding carboxylic acids is 1. The predicted octanol–water partition coefficient (Wildman–Crippen LogP) is 2.90. The molecule has 0 atom stereocenters. The highest BCUT2D eigenvalue weighted by atomic mass is 16.1. The van der Waals surface area contributed by atoms with Gasteiger partial charge >= 0.3 is 0 Å². The Bertz CT molecular complexity index is 586. The lowest BCUT2D eigenvalue weighted by molar-refractivity contribution is -0.121. The Morgan fingerprint density at radius 1 is 1.40 bits per heavy atom. The molecule has 0 aliphatic carbocycles. The first-order valence-electron chi connectivity index (χ1n) is 7.25. The minimum absolute atomic E-state index is 0.0990. The smallest absolute Gasteiger partial charge is 0.221 e. The molecule has 0 saturated carbocycles. The van der Waals surface area contributed by atoms with Crippen LogP contribution in [-0.4, -0.2) is 22.2 Å².